The highest BCUT2D eigenvalue weighted by molar-refractivity contribution is 7.80. The molecule has 7 heteroatoms. The van der Waals surface area contributed by atoms with E-state index in [-0.39, 0.29) is 11.7 Å². The molecule has 1 aliphatic heterocycles. The molecule has 3 rings (SSSR count). The lowest BCUT2D eigenvalue weighted by Gasteiger charge is -2.28. The van der Waals surface area contributed by atoms with Crippen molar-refractivity contribution < 1.29 is 4.74 Å². The lowest BCUT2D eigenvalue weighted by Crippen LogP contribution is -2.44. The molecule has 2 heterocycles. The van der Waals surface area contributed by atoms with E-state index in [0.717, 1.165) is 74.1 Å². The normalized spacial score (nSPS) is 16.1. The topological polar surface area (TPSA) is 60.6 Å². The van der Waals surface area contributed by atoms with E-state index >= 15 is 0 Å². The number of H-pyrrole nitrogens is 1. The maximum atomic E-state index is 12.9. The molecule has 176 valence electrons. The van der Waals surface area contributed by atoms with Crippen molar-refractivity contribution in [2.45, 2.75) is 59.6 Å². The van der Waals surface area contributed by atoms with Crippen LogP contribution in [0.5, 0.6) is 0 Å². The summed E-state index contributed by atoms with van der Waals surface area (Å²) in [6.45, 7) is 14.5. The molecule has 1 aromatic carbocycles. The van der Waals surface area contributed by atoms with Gasteiger partial charge in [-0.1, -0.05) is 19.9 Å². The van der Waals surface area contributed by atoms with Crippen molar-refractivity contribution in [1.82, 2.24) is 20.1 Å². The van der Waals surface area contributed by atoms with Gasteiger partial charge in [-0.25, -0.2) is 0 Å². The predicted octanol–water partition coefficient (Wildman–Crippen LogP) is 3.73. The van der Waals surface area contributed by atoms with E-state index in [0.29, 0.717) is 18.2 Å². The third-order valence-electron chi connectivity index (χ3n) is 6.31. The van der Waals surface area contributed by atoms with Gasteiger partial charge in [0.25, 0.3) is 5.56 Å². The minimum Gasteiger partial charge on any atom is -0.376 e. The minimum absolute atomic E-state index is 0.0517. The number of aryl methyl sites for hydroxylation is 2. The molecule has 1 saturated heterocycles. The molecule has 0 amide bonds. The summed E-state index contributed by atoms with van der Waals surface area (Å²) in [6.07, 6.45) is 3.31. The largest absolute Gasteiger partial charge is 0.376 e. The summed E-state index contributed by atoms with van der Waals surface area (Å²) in [4.78, 5) is 20.5. The van der Waals surface area contributed by atoms with E-state index in [1.54, 1.807) is 0 Å². The number of ether oxygens (including phenoxy) is 1. The summed E-state index contributed by atoms with van der Waals surface area (Å²) in [5.74, 6) is 0. The van der Waals surface area contributed by atoms with Crippen LogP contribution in [0.25, 0.3) is 10.9 Å². The van der Waals surface area contributed by atoms with Gasteiger partial charge in [-0.3, -0.25) is 4.79 Å². The van der Waals surface area contributed by atoms with Gasteiger partial charge in [0.2, 0.25) is 0 Å². The number of pyridine rings is 1. The van der Waals surface area contributed by atoms with Crippen LogP contribution in [0.3, 0.4) is 0 Å². The van der Waals surface area contributed by atoms with Crippen molar-refractivity contribution in [2.24, 2.45) is 0 Å². The Balaban J connectivity index is 1.73. The van der Waals surface area contributed by atoms with Gasteiger partial charge in [-0.15, -0.1) is 0 Å². The van der Waals surface area contributed by atoms with Crippen LogP contribution < -0.4 is 10.9 Å². The van der Waals surface area contributed by atoms with Crippen molar-refractivity contribution in [3.63, 3.8) is 0 Å². The number of fused-ring (bicyclic) bond motifs is 1. The zero-order chi connectivity index (χ0) is 23.1. The van der Waals surface area contributed by atoms with Crippen LogP contribution in [0.4, 0.5) is 0 Å². The molecule has 0 radical (unpaired) electrons. The first kappa shape index (κ1) is 24.7. The fourth-order valence-corrected chi connectivity index (χ4v) is 4.68. The van der Waals surface area contributed by atoms with Gasteiger partial charge in [0.1, 0.15) is 0 Å². The van der Waals surface area contributed by atoms with Gasteiger partial charge in [0.05, 0.1) is 12.6 Å². The molecule has 0 unspecified atom stereocenters. The minimum atomic E-state index is -0.0517. The number of hydrogen-bond donors (Lipinski definition) is 2. The van der Waals surface area contributed by atoms with Crippen LogP contribution in [-0.4, -0.2) is 65.3 Å². The molecule has 0 bridgehead atoms. The predicted molar refractivity (Wildman–Crippen MR) is 136 cm³/mol. The van der Waals surface area contributed by atoms with Gasteiger partial charge in [-0.2, -0.15) is 0 Å². The van der Waals surface area contributed by atoms with Crippen molar-refractivity contribution in [3.05, 3.63) is 45.2 Å². The Hall–Kier alpha value is -1.96. The maximum absolute atomic E-state index is 12.9. The van der Waals surface area contributed by atoms with E-state index in [2.05, 4.69) is 46.9 Å². The number of nitrogens with one attached hydrogen (secondary N) is 2. The van der Waals surface area contributed by atoms with E-state index in [9.17, 15) is 4.79 Å². The van der Waals surface area contributed by atoms with E-state index in [4.69, 9.17) is 17.0 Å². The first-order valence-corrected chi connectivity index (χ1v) is 12.3. The lowest BCUT2D eigenvalue weighted by molar-refractivity contribution is 0.0896. The maximum Gasteiger partial charge on any atom is 0.253 e. The first-order chi connectivity index (χ1) is 15.4. The second kappa shape index (κ2) is 11.8. The Kier molecular flexibility index (Phi) is 9.08. The zero-order valence-corrected chi connectivity index (χ0v) is 20.8. The van der Waals surface area contributed by atoms with Crippen molar-refractivity contribution in [1.29, 1.82) is 0 Å². The second-order valence-corrected chi connectivity index (χ2v) is 9.18. The van der Waals surface area contributed by atoms with Gasteiger partial charge >= 0.3 is 0 Å². The SMILES string of the molecule is CCN(CC)CCCNC(=S)N(Cc1cc2c(C)cc(C)cc2[nH]c1=O)C[C@H]1CCCO1. The highest BCUT2D eigenvalue weighted by Gasteiger charge is 2.22. The molecular weight excluding hydrogens is 420 g/mol. The summed E-state index contributed by atoms with van der Waals surface area (Å²) >= 11 is 5.76. The summed E-state index contributed by atoms with van der Waals surface area (Å²) < 4.78 is 5.87. The average Bonchev–Trinajstić information content (AvgIpc) is 3.27. The molecular formula is C25H38N4O2S. The highest BCUT2D eigenvalue weighted by Crippen LogP contribution is 2.20. The number of rotatable bonds is 10. The highest BCUT2D eigenvalue weighted by atomic mass is 32.1. The van der Waals surface area contributed by atoms with E-state index < -0.39 is 0 Å². The van der Waals surface area contributed by atoms with Crippen LogP contribution in [-0.2, 0) is 11.3 Å². The summed E-state index contributed by atoms with van der Waals surface area (Å²) in [5, 5.41) is 5.20. The Bertz CT molecular complexity index is 964. The number of aromatic amines is 1. The fraction of sp³-hybridized carbons (Fsp3) is 0.600. The number of thiocarbonyl (C=S) groups is 1. The van der Waals surface area contributed by atoms with Crippen LogP contribution in [0.1, 0.15) is 49.8 Å². The fourth-order valence-electron chi connectivity index (χ4n) is 4.44. The van der Waals surface area contributed by atoms with Crippen molar-refractivity contribution in [2.75, 3.05) is 39.3 Å². The summed E-state index contributed by atoms with van der Waals surface area (Å²) in [5.41, 5.74) is 3.88. The third-order valence-corrected chi connectivity index (χ3v) is 6.71. The molecule has 1 fully saturated rings. The van der Waals surface area contributed by atoms with Gasteiger partial charge in [-0.05, 0) is 88.2 Å². The van der Waals surface area contributed by atoms with Crippen molar-refractivity contribution in [3.8, 4) is 0 Å². The smallest absolute Gasteiger partial charge is 0.253 e. The number of hydrogen-bond acceptors (Lipinski definition) is 4. The quantitative estimate of drug-likeness (QED) is 0.418. The third kappa shape index (κ3) is 6.53. The zero-order valence-electron chi connectivity index (χ0n) is 20.0. The van der Waals surface area contributed by atoms with E-state index in [1.165, 1.54) is 5.56 Å². The summed E-state index contributed by atoms with van der Waals surface area (Å²) in [6, 6.07) is 6.20. The van der Waals surface area contributed by atoms with Gasteiger partial charge in [0.15, 0.2) is 5.11 Å². The molecule has 1 aromatic heterocycles. The molecule has 2 N–H and O–H groups in total. The van der Waals surface area contributed by atoms with Crippen LogP contribution in [0.2, 0.25) is 0 Å². The van der Waals surface area contributed by atoms with E-state index in [1.807, 2.05) is 19.1 Å². The van der Waals surface area contributed by atoms with Crippen LogP contribution >= 0.6 is 12.2 Å². The molecule has 0 spiro atoms. The number of nitrogens with zero attached hydrogens (tertiary/aromatic N) is 2. The Morgan fingerprint density at radius 3 is 2.72 bits per heavy atom. The molecule has 1 aliphatic rings. The lowest BCUT2D eigenvalue weighted by atomic mass is 10.0. The molecule has 0 aliphatic carbocycles. The molecule has 32 heavy (non-hydrogen) atoms. The molecule has 2 aromatic rings. The molecule has 1 atom stereocenters. The second-order valence-electron chi connectivity index (χ2n) is 8.79. The van der Waals surface area contributed by atoms with Crippen molar-refractivity contribution >= 4 is 28.2 Å². The number of aromatic nitrogens is 1. The van der Waals surface area contributed by atoms with Gasteiger partial charge in [0, 0.05) is 36.2 Å². The van der Waals surface area contributed by atoms with Gasteiger partial charge < -0.3 is 24.8 Å². The first-order valence-electron chi connectivity index (χ1n) is 11.9. The van der Waals surface area contributed by atoms with Crippen LogP contribution in [0, 0.1) is 13.8 Å². The monoisotopic (exact) mass is 458 g/mol. The van der Waals surface area contributed by atoms with Crippen LogP contribution in [0.15, 0.2) is 23.0 Å². The Labute approximate surface area is 197 Å². The Morgan fingerprint density at radius 1 is 1.25 bits per heavy atom. The Morgan fingerprint density at radius 2 is 2.03 bits per heavy atom. The number of benzene rings is 1. The molecule has 6 nitrogen and oxygen atoms in total. The average molecular weight is 459 g/mol. The standard InChI is InChI=1S/C25H38N4O2S/c1-5-28(6-2)11-8-10-26-25(32)29(17-21-9-7-12-31-21)16-20-15-22-19(4)13-18(3)14-23(22)27-24(20)30/h13-15,21H,5-12,16-17H2,1-4H3,(H,26,32)(H,27,30)/t21-/m1/s1. The molecule has 0 saturated carbocycles. The summed E-state index contributed by atoms with van der Waals surface area (Å²) in [7, 11) is 0.